The molecule has 1 unspecified atom stereocenters. The predicted octanol–water partition coefficient (Wildman–Crippen LogP) is 0.904. The van der Waals surface area contributed by atoms with Gasteiger partial charge in [0.2, 0.25) is 5.95 Å². The fraction of sp³-hybridized carbons (Fsp3) is 0.600. The first kappa shape index (κ1) is 13.5. The highest BCUT2D eigenvalue weighted by atomic mass is 79.9. The maximum atomic E-state index is 11.6. The smallest absolute Gasteiger partial charge is 0.224 e. The minimum atomic E-state index is -2.92. The maximum Gasteiger partial charge on any atom is 0.224 e. The molecule has 1 N–H and O–H groups in total. The Morgan fingerprint density at radius 2 is 2.28 bits per heavy atom. The monoisotopic (exact) mass is 334 g/mol. The van der Waals surface area contributed by atoms with Gasteiger partial charge in [-0.15, -0.1) is 0 Å². The van der Waals surface area contributed by atoms with Crippen molar-refractivity contribution in [3.05, 3.63) is 10.7 Å². The zero-order chi connectivity index (χ0) is 13.3. The molecular formula is C10H15BrN4O2S. The van der Waals surface area contributed by atoms with Crippen molar-refractivity contribution < 1.29 is 8.42 Å². The molecule has 1 fully saturated rings. The van der Waals surface area contributed by atoms with Crippen molar-refractivity contribution in [2.24, 2.45) is 0 Å². The Balaban J connectivity index is 2.32. The average Bonchev–Trinajstić information content (AvgIpc) is 2.29. The SMILES string of the molecule is CNc1ncc(Br)c(N2CCS(=O)(=O)CC2C)n1. The Morgan fingerprint density at radius 1 is 1.56 bits per heavy atom. The molecule has 0 spiro atoms. The number of hydrogen-bond donors (Lipinski definition) is 1. The molecular weight excluding hydrogens is 320 g/mol. The number of aromatic nitrogens is 2. The third-order valence-electron chi connectivity index (χ3n) is 2.89. The zero-order valence-electron chi connectivity index (χ0n) is 10.2. The molecule has 0 aromatic carbocycles. The van der Waals surface area contributed by atoms with Crippen molar-refractivity contribution in [1.82, 2.24) is 9.97 Å². The summed E-state index contributed by atoms with van der Waals surface area (Å²) >= 11 is 3.41. The fourth-order valence-corrected chi connectivity index (χ4v) is 3.97. The second-order valence-electron chi connectivity index (χ2n) is 4.27. The van der Waals surface area contributed by atoms with E-state index >= 15 is 0 Å². The summed E-state index contributed by atoms with van der Waals surface area (Å²) in [6, 6.07) is -0.0837. The van der Waals surface area contributed by atoms with Crippen LogP contribution in [0.5, 0.6) is 0 Å². The molecule has 18 heavy (non-hydrogen) atoms. The molecule has 100 valence electrons. The molecule has 8 heteroatoms. The van der Waals surface area contributed by atoms with Crippen LogP contribution in [0, 0.1) is 0 Å². The maximum absolute atomic E-state index is 11.6. The summed E-state index contributed by atoms with van der Waals surface area (Å²) in [5.41, 5.74) is 0. The molecule has 0 radical (unpaired) electrons. The van der Waals surface area contributed by atoms with Gasteiger partial charge in [0.15, 0.2) is 9.84 Å². The Hall–Kier alpha value is -0.890. The van der Waals surface area contributed by atoms with Crippen molar-refractivity contribution >= 4 is 37.5 Å². The number of anilines is 2. The molecule has 0 aliphatic carbocycles. The number of sulfone groups is 1. The highest BCUT2D eigenvalue weighted by Crippen LogP contribution is 2.27. The van der Waals surface area contributed by atoms with Gasteiger partial charge in [-0.3, -0.25) is 0 Å². The summed E-state index contributed by atoms with van der Waals surface area (Å²) in [4.78, 5) is 10.5. The van der Waals surface area contributed by atoms with Crippen LogP contribution in [0.3, 0.4) is 0 Å². The van der Waals surface area contributed by atoms with Gasteiger partial charge in [0.1, 0.15) is 5.82 Å². The predicted molar refractivity (Wildman–Crippen MR) is 74.7 cm³/mol. The summed E-state index contributed by atoms with van der Waals surface area (Å²) in [5, 5.41) is 2.88. The molecule has 1 aromatic heterocycles. The summed E-state index contributed by atoms with van der Waals surface area (Å²) in [5.74, 6) is 1.59. The molecule has 1 atom stereocenters. The lowest BCUT2D eigenvalue weighted by molar-refractivity contribution is 0.566. The second-order valence-corrected chi connectivity index (χ2v) is 7.35. The Bertz CT molecular complexity index is 549. The third-order valence-corrected chi connectivity index (χ3v) is 5.25. The van der Waals surface area contributed by atoms with E-state index in [0.29, 0.717) is 12.5 Å². The Kier molecular flexibility index (Phi) is 3.76. The zero-order valence-corrected chi connectivity index (χ0v) is 12.6. The fourth-order valence-electron chi connectivity index (χ4n) is 1.99. The molecule has 0 bridgehead atoms. The van der Waals surface area contributed by atoms with Gasteiger partial charge in [-0.1, -0.05) is 0 Å². The van der Waals surface area contributed by atoms with Crippen molar-refractivity contribution in [2.45, 2.75) is 13.0 Å². The molecule has 2 rings (SSSR count). The van der Waals surface area contributed by atoms with Gasteiger partial charge in [-0.2, -0.15) is 4.98 Å². The lowest BCUT2D eigenvalue weighted by Gasteiger charge is -2.34. The minimum absolute atomic E-state index is 0.0837. The van der Waals surface area contributed by atoms with Crippen LogP contribution in [0.15, 0.2) is 10.7 Å². The number of nitrogens with zero attached hydrogens (tertiary/aromatic N) is 3. The number of hydrogen-bond acceptors (Lipinski definition) is 6. The molecule has 6 nitrogen and oxygen atoms in total. The van der Waals surface area contributed by atoms with E-state index in [1.807, 2.05) is 11.8 Å². The van der Waals surface area contributed by atoms with E-state index in [-0.39, 0.29) is 17.5 Å². The van der Waals surface area contributed by atoms with Gasteiger partial charge < -0.3 is 10.2 Å². The largest absolute Gasteiger partial charge is 0.357 e. The van der Waals surface area contributed by atoms with Crippen LogP contribution in [0.25, 0.3) is 0 Å². The first-order valence-corrected chi connectivity index (χ1v) is 8.22. The molecule has 2 heterocycles. The first-order chi connectivity index (χ1) is 8.43. The van der Waals surface area contributed by atoms with Gasteiger partial charge in [0.25, 0.3) is 0 Å². The van der Waals surface area contributed by atoms with E-state index < -0.39 is 9.84 Å². The minimum Gasteiger partial charge on any atom is -0.357 e. The van der Waals surface area contributed by atoms with Gasteiger partial charge in [0, 0.05) is 25.8 Å². The van der Waals surface area contributed by atoms with Crippen LogP contribution >= 0.6 is 15.9 Å². The lowest BCUT2D eigenvalue weighted by Crippen LogP contribution is -2.47. The van der Waals surface area contributed by atoms with Crippen LogP contribution in [-0.4, -0.2) is 49.5 Å². The van der Waals surface area contributed by atoms with Gasteiger partial charge in [-0.05, 0) is 22.9 Å². The summed E-state index contributed by atoms with van der Waals surface area (Å²) < 4.78 is 23.9. The summed E-state index contributed by atoms with van der Waals surface area (Å²) in [6.45, 7) is 2.35. The summed E-state index contributed by atoms with van der Waals surface area (Å²) in [6.07, 6.45) is 1.67. The topological polar surface area (TPSA) is 75.2 Å². The van der Waals surface area contributed by atoms with Crippen LogP contribution in [0.2, 0.25) is 0 Å². The van der Waals surface area contributed by atoms with Gasteiger partial charge in [0.05, 0.1) is 16.0 Å². The van der Waals surface area contributed by atoms with E-state index in [2.05, 4.69) is 31.2 Å². The van der Waals surface area contributed by atoms with Crippen molar-refractivity contribution in [1.29, 1.82) is 0 Å². The Morgan fingerprint density at radius 3 is 2.89 bits per heavy atom. The molecule has 1 saturated heterocycles. The van der Waals surface area contributed by atoms with Crippen molar-refractivity contribution in [3.63, 3.8) is 0 Å². The number of halogens is 1. The normalized spacial score (nSPS) is 22.8. The molecule has 1 aromatic rings. The van der Waals surface area contributed by atoms with E-state index in [1.165, 1.54) is 0 Å². The van der Waals surface area contributed by atoms with E-state index in [9.17, 15) is 8.42 Å². The van der Waals surface area contributed by atoms with Crippen LogP contribution in [0.4, 0.5) is 11.8 Å². The average molecular weight is 335 g/mol. The van der Waals surface area contributed by atoms with Crippen molar-refractivity contribution in [3.8, 4) is 0 Å². The van der Waals surface area contributed by atoms with E-state index in [1.54, 1.807) is 13.2 Å². The molecule has 0 amide bonds. The van der Waals surface area contributed by atoms with E-state index in [0.717, 1.165) is 10.3 Å². The lowest BCUT2D eigenvalue weighted by atomic mass is 10.3. The van der Waals surface area contributed by atoms with Crippen LogP contribution in [0.1, 0.15) is 6.92 Å². The first-order valence-electron chi connectivity index (χ1n) is 5.60. The highest BCUT2D eigenvalue weighted by molar-refractivity contribution is 9.10. The van der Waals surface area contributed by atoms with Crippen molar-refractivity contribution in [2.75, 3.05) is 35.3 Å². The summed E-state index contributed by atoms with van der Waals surface area (Å²) in [7, 11) is -1.17. The quantitative estimate of drug-likeness (QED) is 0.866. The second kappa shape index (κ2) is 5.00. The van der Waals surface area contributed by atoms with Crippen LogP contribution < -0.4 is 10.2 Å². The molecule has 1 aliphatic rings. The van der Waals surface area contributed by atoms with Gasteiger partial charge >= 0.3 is 0 Å². The highest BCUT2D eigenvalue weighted by Gasteiger charge is 2.30. The Labute approximate surface area is 115 Å². The van der Waals surface area contributed by atoms with E-state index in [4.69, 9.17) is 0 Å². The van der Waals surface area contributed by atoms with Crippen LogP contribution in [-0.2, 0) is 9.84 Å². The number of nitrogens with one attached hydrogen (secondary N) is 1. The molecule has 1 aliphatic heterocycles. The standard InChI is InChI=1S/C10H15BrN4O2S/c1-7-6-18(16,17)4-3-15(7)9-8(11)5-13-10(12-2)14-9/h5,7H,3-4,6H2,1-2H3,(H,12,13,14). The van der Waals surface area contributed by atoms with Gasteiger partial charge in [-0.25, -0.2) is 13.4 Å². The third kappa shape index (κ3) is 2.74. The number of rotatable bonds is 2. The molecule has 0 saturated carbocycles.